The van der Waals surface area contributed by atoms with Crippen molar-refractivity contribution in [1.82, 2.24) is 10.1 Å². The smallest absolute Gasteiger partial charge is 0.389 e. The number of hydrogen-bond donors (Lipinski definition) is 1. The van der Waals surface area contributed by atoms with Crippen molar-refractivity contribution in [2.45, 2.75) is 32.9 Å². The van der Waals surface area contributed by atoms with Gasteiger partial charge in [-0.2, -0.15) is 13.2 Å². The molecule has 0 radical (unpaired) electrons. The summed E-state index contributed by atoms with van der Waals surface area (Å²) in [6, 6.07) is 7.12. The molecule has 1 fully saturated rings. The number of ether oxygens (including phenoxy) is 1. The van der Waals surface area contributed by atoms with E-state index in [1.165, 1.54) is 25.0 Å². The minimum absolute atomic E-state index is 0.00614. The SMILES string of the molecule is CC(COc1cccc(C=C2CCN(C(=O)Nc3cnoc3)CC2C)c1)CC(F)(F)F. The lowest BCUT2D eigenvalue weighted by atomic mass is 9.91. The zero-order valence-corrected chi connectivity index (χ0v) is 17.5. The van der Waals surface area contributed by atoms with Crippen molar-refractivity contribution in [2.24, 2.45) is 11.8 Å². The molecule has 2 amide bonds. The minimum Gasteiger partial charge on any atom is -0.493 e. The molecule has 2 unspecified atom stereocenters. The zero-order chi connectivity index (χ0) is 22.4. The molecule has 1 aliphatic rings. The van der Waals surface area contributed by atoms with E-state index in [0.717, 1.165) is 12.0 Å². The number of piperidine rings is 1. The summed E-state index contributed by atoms with van der Waals surface area (Å²) >= 11 is 0. The number of carbonyl (C=O) groups is 1. The van der Waals surface area contributed by atoms with E-state index >= 15 is 0 Å². The Morgan fingerprint density at radius 2 is 2.26 bits per heavy atom. The number of nitrogens with zero attached hydrogens (tertiary/aromatic N) is 2. The number of hydrogen-bond acceptors (Lipinski definition) is 4. The van der Waals surface area contributed by atoms with Crippen LogP contribution in [-0.2, 0) is 0 Å². The van der Waals surface area contributed by atoms with Crippen LogP contribution in [0.4, 0.5) is 23.7 Å². The van der Waals surface area contributed by atoms with Gasteiger partial charge in [-0.05, 0) is 36.0 Å². The second-order valence-corrected chi connectivity index (χ2v) is 7.97. The molecule has 0 bridgehead atoms. The van der Waals surface area contributed by atoms with E-state index in [9.17, 15) is 18.0 Å². The third-order valence-corrected chi connectivity index (χ3v) is 5.09. The molecule has 1 aliphatic heterocycles. The molecule has 1 saturated heterocycles. The number of amides is 2. The molecule has 0 aliphatic carbocycles. The van der Waals surface area contributed by atoms with Gasteiger partial charge in [0.05, 0.1) is 12.8 Å². The Morgan fingerprint density at radius 1 is 1.45 bits per heavy atom. The molecule has 1 aromatic carbocycles. The molecule has 168 valence electrons. The number of anilines is 1. The van der Waals surface area contributed by atoms with Gasteiger partial charge in [-0.3, -0.25) is 0 Å². The molecule has 2 heterocycles. The Hall–Kier alpha value is -2.97. The first kappa shape index (κ1) is 22.7. The molecule has 3 rings (SSSR count). The summed E-state index contributed by atoms with van der Waals surface area (Å²) in [4.78, 5) is 14.1. The fourth-order valence-corrected chi connectivity index (χ4v) is 3.52. The largest absolute Gasteiger partial charge is 0.493 e. The monoisotopic (exact) mass is 437 g/mol. The molecule has 6 nitrogen and oxygen atoms in total. The number of rotatable bonds is 6. The Kier molecular flexibility index (Phi) is 7.25. The molecular weight excluding hydrogens is 411 g/mol. The van der Waals surface area contributed by atoms with Crippen LogP contribution < -0.4 is 10.1 Å². The number of aromatic nitrogens is 1. The van der Waals surface area contributed by atoms with E-state index in [1.54, 1.807) is 11.0 Å². The Bertz CT molecular complexity index is 897. The Balaban J connectivity index is 1.56. The summed E-state index contributed by atoms with van der Waals surface area (Å²) in [5.41, 5.74) is 2.64. The standard InChI is InChI=1S/C22H26F3N3O3/c1-15(10-22(23,24)25)13-30-20-5-3-4-17(9-20)8-18-6-7-28(12-16(18)2)21(29)27-19-11-26-31-14-19/h3-5,8-9,11,14-16H,6-7,10,12-13H2,1-2H3,(H,27,29). The maximum atomic E-state index is 12.5. The van der Waals surface area contributed by atoms with E-state index in [1.807, 2.05) is 18.2 Å². The lowest BCUT2D eigenvalue weighted by Crippen LogP contribution is -2.42. The number of halogens is 3. The highest BCUT2D eigenvalue weighted by Crippen LogP contribution is 2.28. The van der Waals surface area contributed by atoms with Gasteiger partial charge in [0.15, 0.2) is 0 Å². The molecule has 9 heteroatoms. The van der Waals surface area contributed by atoms with Gasteiger partial charge in [-0.15, -0.1) is 0 Å². The van der Waals surface area contributed by atoms with E-state index < -0.39 is 18.5 Å². The predicted molar refractivity (Wildman–Crippen MR) is 111 cm³/mol. The van der Waals surface area contributed by atoms with Crippen molar-refractivity contribution >= 4 is 17.8 Å². The fourth-order valence-electron chi connectivity index (χ4n) is 3.52. The fraction of sp³-hybridized carbons (Fsp3) is 0.455. The van der Waals surface area contributed by atoms with Crippen molar-refractivity contribution in [3.63, 3.8) is 0 Å². The molecule has 2 aromatic rings. The summed E-state index contributed by atoms with van der Waals surface area (Å²) in [7, 11) is 0. The molecule has 31 heavy (non-hydrogen) atoms. The number of nitrogens with one attached hydrogen (secondary N) is 1. The summed E-state index contributed by atoms with van der Waals surface area (Å²) in [5.74, 6) is 0.0928. The first-order valence-corrected chi connectivity index (χ1v) is 10.1. The maximum absolute atomic E-state index is 12.5. The number of alkyl halides is 3. The molecule has 1 N–H and O–H groups in total. The molecule has 0 spiro atoms. The van der Waals surface area contributed by atoms with Crippen LogP contribution in [0, 0.1) is 11.8 Å². The highest BCUT2D eigenvalue weighted by Gasteiger charge is 2.30. The minimum atomic E-state index is -4.19. The topological polar surface area (TPSA) is 67.6 Å². The van der Waals surface area contributed by atoms with Gasteiger partial charge in [0.25, 0.3) is 0 Å². The van der Waals surface area contributed by atoms with E-state index in [4.69, 9.17) is 9.26 Å². The van der Waals surface area contributed by atoms with Crippen molar-refractivity contribution in [3.8, 4) is 5.75 Å². The number of urea groups is 1. The van der Waals surface area contributed by atoms with Gasteiger partial charge in [0.2, 0.25) is 0 Å². The third-order valence-electron chi connectivity index (χ3n) is 5.09. The second kappa shape index (κ2) is 9.89. The predicted octanol–water partition coefficient (Wildman–Crippen LogP) is 5.60. The van der Waals surface area contributed by atoms with Crippen LogP contribution in [0.1, 0.15) is 32.3 Å². The van der Waals surface area contributed by atoms with Gasteiger partial charge >= 0.3 is 12.2 Å². The van der Waals surface area contributed by atoms with Crippen LogP contribution in [0.25, 0.3) is 6.08 Å². The molecule has 0 saturated carbocycles. The number of likely N-dealkylation sites (tertiary alicyclic amines) is 1. The molecular formula is C22H26F3N3O3. The van der Waals surface area contributed by atoms with Crippen LogP contribution in [0.5, 0.6) is 5.75 Å². The highest BCUT2D eigenvalue weighted by molar-refractivity contribution is 5.89. The lowest BCUT2D eigenvalue weighted by Gasteiger charge is -2.33. The third kappa shape index (κ3) is 7.04. The molecule has 2 atom stereocenters. The summed E-state index contributed by atoms with van der Waals surface area (Å²) in [5, 5.41) is 6.31. The number of carbonyl (C=O) groups excluding carboxylic acids is 1. The lowest BCUT2D eigenvalue weighted by molar-refractivity contribution is -0.145. The first-order chi connectivity index (χ1) is 14.7. The van der Waals surface area contributed by atoms with Crippen LogP contribution in [0.2, 0.25) is 0 Å². The van der Waals surface area contributed by atoms with E-state index in [-0.39, 0.29) is 18.6 Å². The summed E-state index contributed by atoms with van der Waals surface area (Å²) in [6.45, 7) is 4.75. The van der Waals surface area contributed by atoms with Gasteiger partial charge in [0, 0.05) is 19.5 Å². The second-order valence-electron chi connectivity index (χ2n) is 7.97. The van der Waals surface area contributed by atoms with Crippen molar-refractivity contribution in [2.75, 3.05) is 25.0 Å². The van der Waals surface area contributed by atoms with Crippen LogP contribution >= 0.6 is 0 Å². The van der Waals surface area contributed by atoms with Crippen molar-refractivity contribution in [1.29, 1.82) is 0 Å². The number of benzene rings is 1. The first-order valence-electron chi connectivity index (χ1n) is 10.1. The Labute approximate surface area is 179 Å². The van der Waals surface area contributed by atoms with Crippen LogP contribution in [0.15, 0.2) is 46.8 Å². The van der Waals surface area contributed by atoms with E-state index in [2.05, 4.69) is 23.5 Å². The zero-order valence-electron chi connectivity index (χ0n) is 17.5. The molecule has 1 aromatic heterocycles. The van der Waals surface area contributed by atoms with Gasteiger partial charge in [-0.25, -0.2) is 4.79 Å². The maximum Gasteiger partial charge on any atom is 0.389 e. The van der Waals surface area contributed by atoms with Crippen LogP contribution in [-0.4, -0.2) is 42.0 Å². The van der Waals surface area contributed by atoms with Gasteiger partial charge < -0.3 is 19.5 Å². The van der Waals surface area contributed by atoms with Gasteiger partial charge in [0.1, 0.15) is 17.7 Å². The van der Waals surface area contributed by atoms with Crippen molar-refractivity contribution < 1.29 is 27.2 Å². The van der Waals surface area contributed by atoms with Crippen molar-refractivity contribution in [3.05, 3.63) is 47.9 Å². The summed E-state index contributed by atoms with van der Waals surface area (Å²) < 4.78 is 47.7. The average Bonchev–Trinajstić information content (AvgIpc) is 3.20. The van der Waals surface area contributed by atoms with E-state index in [0.29, 0.717) is 24.5 Å². The van der Waals surface area contributed by atoms with Gasteiger partial charge in [-0.1, -0.05) is 42.8 Å². The normalized spacial score (nSPS) is 19.3. The quantitative estimate of drug-likeness (QED) is 0.639. The Morgan fingerprint density at radius 3 is 2.94 bits per heavy atom. The average molecular weight is 437 g/mol. The highest BCUT2D eigenvalue weighted by atomic mass is 19.4. The summed E-state index contributed by atoms with van der Waals surface area (Å²) in [6.07, 6.45) is 0.546. The van der Waals surface area contributed by atoms with Crippen LogP contribution in [0.3, 0.4) is 0 Å².